The van der Waals surface area contributed by atoms with E-state index in [0.29, 0.717) is 4.47 Å². The van der Waals surface area contributed by atoms with Gasteiger partial charge >= 0.3 is 5.97 Å². The maximum Gasteiger partial charge on any atom is 0.337 e. The maximum atomic E-state index is 13.4. The lowest BCUT2D eigenvalue weighted by Crippen LogP contribution is -1.91. The summed E-state index contributed by atoms with van der Waals surface area (Å²) in [6, 6.07) is 2.82. The third-order valence-electron chi connectivity index (χ3n) is 1.91. The van der Waals surface area contributed by atoms with Crippen LogP contribution in [0.1, 0.15) is 10.4 Å². The number of hydrogen-bond donors (Lipinski definition) is 1. The van der Waals surface area contributed by atoms with E-state index in [2.05, 4.69) is 15.9 Å². The van der Waals surface area contributed by atoms with Crippen LogP contribution in [-0.4, -0.2) is 15.5 Å². The lowest BCUT2D eigenvalue weighted by atomic mass is 10.3. The number of nitrogens with zero attached hydrogens (tertiary/aromatic N) is 1. The number of carbonyl (C=O) groups is 1. The van der Waals surface area contributed by atoms with E-state index < -0.39 is 11.8 Å². The topological polar surface area (TPSA) is 41.7 Å². The van der Waals surface area contributed by atoms with Crippen LogP contribution >= 0.6 is 15.9 Å². The lowest BCUT2D eigenvalue weighted by molar-refractivity contribution is 0.0697. The Morgan fingerprint density at radius 1 is 1.57 bits per heavy atom. The predicted octanol–water partition coefficient (Wildman–Crippen LogP) is 2.54. The minimum atomic E-state index is -1.07. The molecule has 2 heterocycles. The lowest BCUT2D eigenvalue weighted by Gasteiger charge is -1.97. The first-order chi connectivity index (χ1) is 6.59. The highest BCUT2D eigenvalue weighted by Crippen LogP contribution is 2.21. The SMILES string of the molecule is O=C(O)c1cc2c(F)c(Br)ccn2c1. The Labute approximate surface area is 86.9 Å². The Balaban J connectivity index is 2.77. The number of rotatable bonds is 1. The predicted molar refractivity (Wildman–Crippen MR) is 52.0 cm³/mol. The molecule has 72 valence electrons. The van der Waals surface area contributed by atoms with Crippen molar-refractivity contribution in [3.8, 4) is 0 Å². The Bertz CT molecular complexity index is 521. The van der Waals surface area contributed by atoms with Crippen molar-refractivity contribution in [2.24, 2.45) is 0 Å². The maximum absolute atomic E-state index is 13.4. The van der Waals surface area contributed by atoms with Crippen LogP contribution in [0.4, 0.5) is 4.39 Å². The Morgan fingerprint density at radius 3 is 2.93 bits per heavy atom. The molecule has 3 nitrogen and oxygen atoms in total. The summed E-state index contributed by atoms with van der Waals surface area (Å²) in [5.41, 5.74) is 0.318. The van der Waals surface area contributed by atoms with E-state index in [0.717, 1.165) is 0 Å². The van der Waals surface area contributed by atoms with E-state index in [1.54, 1.807) is 6.20 Å². The van der Waals surface area contributed by atoms with Crippen molar-refractivity contribution in [1.82, 2.24) is 4.40 Å². The molecule has 2 aromatic heterocycles. The first-order valence-electron chi connectivity index (χ1n) is 3.78. The van der Waals surface area contributed by atoms with Gasteiger partial charge in [0.15, 0.2) is 5.82 Å². The van der Waals surface area contributed by atoms with E-state index in [1.165, 1.54) is 22.7 Å². The van der Waals surface area contributed by atoms with Crippen molar-refractivity contribution in [2.45, 2.75) is 0 Å². The zero-order valence-electron chi connectivity index (χ0n) is 6.87. The van der Waals surface area contributed by atoms with Crippen LogP contribution in [0.3, 0.4) is 0 Å². The Kier molecular flexibility index (Phi) is 2.03. The number of fused-ring (bicyclic) bond motifs is 1. The van der Waals surface area contributed by atoms with Gasteiger partial charge in [0, 0.05) is 12.4 Å². The molecule has 0 spiro atoms. The molecule has 14 heavy (non-hydrogen) atoms. The molecule has 0 atom stereocenters. The standard InChI is InChI=1S/C9H5BrFNO2/c10-6-1-2-12-4-5(9(13)14)3-7(12)8(6)11/h1-4H,(H,13,14). The summed E-state index contributed by atoms with van der Waals surface area (Å²) >= 11 is 3.03. The molecule has 0 fully saturated rings. The average molecular weight is 258 g/mol. The first kappa shape index (κ1) is 9.21. The van der Waals surface area contributed by atoms with Gasteiger partial charge in [-0.15, -0.1) is 0 Å². The summed E-state index contributed by atoms with van der Waals surface area (Å²) < 4.78 is 15.2. The fourth-order valence-corrected chi connectivity index (χ4v) is 1.56. The molecule has 0 radical (unpaired) electrons. The quantitative estimate of drug-likeness (QED) is 0.853. The summed E-state index contributed by atoms with van der Waals surface area (Å²) in [7, 11) is 0. The van der Waals surface area contributed by atoms with Gasteiger partial charge < -0.3 is 9.51 Å². The molecule has 0 saturated carbocycles. The van der Waals surface area contributed by atoms with E-state index in [4.69, 9.17) is 5.11 Å². The monoisotopic (exact) mass is 257 g/mol. The van der Waals surface area contributed by atoms with E-state index in [9.17, 15) is 9.18 Å². The summed E-state index contributed by atoms with van der Waals surface area (Å²) in [5.74, 6) is -1.52. The zero-order valence-corrected chi connectivity index (χ0v) is 8.45. The second kappa shape index (κ2) is 3.09. The molecule has 0 aliphatic heterocycles. The number of carboxylic acid groups (broad SMARTS) is 1. The molecule has 0 unspecified atom stereocenters. The van der Waals surface area contributed by atoms with Gasteiger partial charge in [0.2, 0.25) is 0 Å². The smallest absolute Gasteiger partial charge is 0.337 e. The van der Waals surface area contributed by atoms with Crippen LogP contribution < -0.4 is 0 Å². The third kappa shape index (κ3) is 1.29. The number of aromatic nitrogens is 1. The fourth-order valence-electron chi connectivity index (χ4n) is 1.24. The minimum Gasteiger partial charge on any atom is -0.478 e. The number of aromatic carboxylic acids is 1. The summed E-state index contributed by atoms with van der Waals surface area (Å²) in [4.78, 5) is 10.6. The number of halogens is 2. The van der Waals surface area contributed by atoms with Crippen molar-refractivity contribution in [1.29, 1.82) is 0 Å². The van der Waals surface area contributed by atoms with Crippen molar-refractivity contribution >= 4 is 27.4 Å². The largest absolute Gasteiger partial charge is 0.478 e. The molecule has 0 aromatic carbocycles. The normalized spacial score (nSPS) is 10.7. The van der Waals surface area contributed by atoms with Crippen molar-refractivity contribution in [3.05, 3.63) is 40.4 Å². The third-order valence-corrected chi connectivity index (χ3v) is 2.52. The highest BCUT2D eigenvalue weighted by molar-refractivity contribution is 9.10. The van der Waals surface area contributed by atoms with Crippen molar-refractivity contribution in [3.63, 3.8) is 0 Å². The number of carboxylic acids is 1. The summed E-state index contributed by atoms with van der Waals surface area (Å²) in [5, 5.41) is 8.70. The average Bonchev–Trinajstić information content (AvgIpc) is 2.56. The van der Waals surface area contributed by atoms with Crippen LogP contribution in [0.25, 0.3) is 5.52 Å². The molecular weight excluding hydrogens is 253 g/mol. The van der Waals surface area contributed by atoms with Crippen LogP contribution in [0, 0.1) is 5.82 Å². The second-order valence-corrected chi connectivity index (χ2v) is 3.66. The molecule has 2 aromatic rings. The molecule has 0 aliphatic rings. The highest BCUT2D eigenvalue weighted by Gasteiger charge is 2.11. The van der Waals surface area contributed by atoms with Gasteiger partial charge in [-0.25, -0.2) is 9.18 Å². The van der Waals surface area contributed by atoms with Gasteiger partial charge in [0.25, 0.3) is 0 Å². The molecule has 0 saturated heterocycles. The van der Waals surface area contributed by atoms with Gasteiger partial charge in [-0.05, 0) is 28.1 Å². The van der Waals surface area contributed by atoms with E-state index in [-0.39, 0.29) is 11.1 Å². The Hall–Kier alpha value is -1.36. The van der Waals surface area contributed by atoms with E-state index in [1.807, 2.05) is 0 Å². The van der Waals surface area contributed by atoms with E-state index >= 15 is 0 Å². The minimum absolute atomic E-state index is 0.0713. The van der Waals surface area contributed by atoms with Gasteiger partial charge in [-0.1, -0.05) is 0 Å². The number of pyridine rings is 1. The molecule has 0 bridgehead atoms. The van der Waals surface area contributed by atoms with Crippen LogP contribution in [0.5, 0.6) is 0 Å². The van der Waals surface area contributed by atoms with Crippen LogP contribution in [-0.2, 0) is 0 Å². The van der Waals surface area contributed by atoms with Gasteiger partial charge in [0.1, 0.15) is 0 Å². The van der Waals surface area contributed by atoms with Crippen molar-refractivity contribution in [2.75, 3.05) is 0 Å². The highest BCUT2D eigenvalue weighted by atomic mass is 79.9. The van der Waals surface area contributed by atoms with Crippen LogP contribution in [0.15, 0.2) is 29.0 Å². The Morgan fingerprint density at radius 2 is 2.29 bits per heavy atom. The van der Waals surface area contributed by atoms with Crippen molar-refractivity contribution < 1.29 is 14.3 Å². The molecule has 2 rings (SSSR count). The second-order valence-electron chi connectivity index (χ2n) is 2.80. The molecule has 5 heteroatoms. The molecular formula is C9H5BrFNO2. The van der Waals surface area contributed by atoms with Gasteiger partial charge in [-0.2, -0.15) is 0 Å². The molecule has 0 aliphatic carbocycles. The summed E-state index contributed by atoms with van der Waals surface area (Å²) in [6.07, 6.45) is 2.96. The zero-order chi connectivity index (χ0) is 10.3. The first-order valence-corrected chi connectivity index (χ1v) is 4.58. The summed E-state index contributed by atoms with van der Waals surface area (Å²) in [6.45, 7) is 0. The molecule has 1 N–H and O–H groups in total. The molecule has 0 amide bonds. The van der Waals surface area contributed by atoms with Gasteiger partial charge in [-0.3, -0.25) is 0 Å². The fraction of sp³-hybridized carbons (Fsp3) is 0. The van der Waals surface area contributed by atoms with Gasteiger partial charge in [0.05, 0.1) is 15.6 Å². The van der Waals surface area contributed by atoms with Crippen LogP contribution in [0.2, 0.25) is 0 Å². The number of hydrogen-bond acceptors (Lipinski definition) is 1.